The van der Waals surface area contributed by atoms with E-state index in [9.17, 15) is 4.79 Å². The van der Waals surface area contributed by atoms with Crippen molar-refractivity contribution in [3.05, 3.63) is 16.1 Å². The summed E-state index contributed by atoms with van der Waals surface area (Å²) in [5.74, 6) is -0.221. The van der Waals surface area contributed by atoms with Crippen LogP contribution in [0.3, 0.4) is 0 Å². The van der Waals surface area contributed by atoms with Crippen molar-refractivity contribution in [1.29, 1.82) is 0 Å². The van der Waals surface area contributed by atoms with Crippen LogP contribution in [0.25, 0.3) is 0 Å². The fourth-order valence-electron chi connectivity index (χ4n) is 0.706. The minimum Gasteiger partial charge on any atom is -0.274 e. The molecule has 0 aliphatic rings. The van der Waals surface area contributed by atoms with Crippen LogP contribution in [0, 0.1) is 6.92 Å². The maximum atomic E-state index is 11.3. The van der Waals surface area contributed by atoms with Crippen LogP contribution in [0.2, 0.25) is 0 Å². The minimum absolute atomic E-state index is 0.221. The average molecular weight is 186 g/mol. The van der Waals surface area contributed by atoms with E-state index in [0.717, 1.165) is 10.1 Å². The number of hydrogen-bond acceptors (Lipinski definition) is 4. The number of nitrogens with zero attached hydrogens (tertiary/aromatic N) is 2. The van der Waals surface area contributed by atoms with Crippen molar-refractivity contribution >= 4 is 17.2 Å². The Balaban J connectivity index is 2.78. The molecule has 1 rings (SSSR count). The van der Waals surface area contributed by atoms with Gasteiger partial charge in [0.2, 0.25) is 0 Å². The fraction of sp³-hybridized carbons (Fsp3) is 0.429. The first-order valence-corrected chi connectivity index (χ1v) is 4.27. The first kappa shape index (κ1) is 9.15. The molecule has 1 amide bonds. The second-order valence-electron chi connectivity index (χ2n) is 2.24. The fourth-order valence-corrected chi connectivity index (χ4v) is 1.29. The minimum atomic E-state index is -0.221. The molecule has 4 nitrogen and oxygen atoms in total. The number of rotatable bonds is 2. The summed E-state index contributed by atoms with van der Waals surface area (Å²) in [7, 11) is 2.99. The smallest absolute Gasteiger partial charge is 0.274 e. The highest BCUT2D eigenvalue weighted by molar-refractivity contribution is 7.09. The first-order chi connectivity index (χ1) is 5.65. The molecule has 1 heterocycles. The van der Waals surface area contributed by atoms with E-state index in [0.29, 0.717) is 5.69 Å². The van der Waals surface area contributed by atoms with Gasteiger partial charge in [-0.3, -0.25) is 9.63 Å². The van der Waals surface area contributed by atoms with E-state index < -0.39 is 0 Å². The van der Waals surface area contributed by atoms with Crippen molar-refractivity contribution in [2.75, 3.05) is 14.2 Å². The Labute approximate surface area is 74.7 Å². The number of aromatic nitrogens is 1. The number of hydrogen-bond donors (Lipinski definition) is 0. The molecule has 0 unspecified atom stereocenters. The van der Waals surface area contributed by atoms with Crippen molar-refractivity contribution in [1.82, 2.24) is 10.0 Å². The number of aryl methyl sites for hydroxylation is 1. The Hall–Kier alpha value is -0.940. The molecule has 1 aromatic rings. The molecule has 0 aliphatic heterocycles. The standard InChI is InChI=1S/C7H10N2O2S/c1-5-8-6(4-12-5)7(10)9(2)11-3/h4H,1-3H3. The molecule has 5 heteroatoms. The maximum absolute atomic E-state index is 11.3. The number of carbonyl (C=O) groups excluding carboxylic acids is 1. The summed E-state index contributed by atoms with van der Waals surface area (Å²) in [4.78, 5) is 20.1. The molecule has 0 saturated heterocycles. The summed E-state index contributed by atoms with van der Waals surface area (Å²) >= 11 is 1.45. The monoisotopic (exact) mass is 186 g/mol. The SMILES string of the molecule is CON(C)C(=O)c1csc(C)n1. The molecule has 0 fully saturated rings. The Bertz CT molecular complexity index is 285. The van der Waals surface area contributed by atoms with E-state index in [4.69, 9.17) is 4.84 Å². The molecule has 0 saturated carbocycles. The van der Waals surface area contributed by atoms with E-state index in [1.54, 1.807) is 12.4 Å². The lowest BCUT2D eigenvalue weighted by molar-refractivity contribution is -0.0760. The number of thiazole rings is 1. The van der Waals surface area contributed by atoms with Crippen molar-refractivity contribution in [2.45, 2.75) is 6.92 Å². The van der Waals surface area contributed by atoms with Crippen LogP contribution < -0.4 is 0 Å². The van der Waals surface area contributed by atoms with Gasteiger partial charge in [0.15, 0.2) is 0 Å². The molecule has 0 bridgehead atoms. The van der Waals surface area contributed by atoms with Gasteiger partial charge in [-0.15, -0.1) is 11.3 Å². The summed E-state index contributed by atoms with van der Waals surface area (Å²) in [6.45, 7) is 1.86. The van der Waals surface area contributed by atoms with Gasteiger partial charge in [-0.2, -0.15) is 0 Å². The van der Waals surface area contributed by atoms with Gasteiger partial charge in [0.05, 0.1) is 12.1 Å². The molecule has 0 N–H and O–H groups in total. The Kier molecular flexibility index (Phi) is 2.78. The largest absolute Gasteiger partial charge is 0.296 e. The Morgan fingerprint density at radius 1 is 1.75 bits per heavy atom. The van der Waals surface area contributed by atoms with Crippen LogP contribution in [0.5, 0.6) is 0 Å². The Morgan fingerprint density at radius 2 is 2.42 bits per heavy atom. The Morgan fingerprint density at radius 3 is 2.83 bits per heavy atom. The van der Waals surface area contributed by atoms with Crippen LogP contribution >= 0.6 is 11.3 Å². The molecule has 12 heavy (non-hydrogen) atoms. The summed E-state index contributed by atoms with van der Waals surface area (Å²) in [5.41, 5.74) is 0.432. The van der Waals surface area contributed by atoms with Crippen LogP contribution in [-0.4, -0.2) is 30.1 Å². The van der Waals surface area contributed by atoms with Gasteiger partial charge < -0.3 is 0 Å². The number of carbonyl (C=O) groups is 1. The zero-order valence-corrected chi connectivity index (χ0v) is 8.01. The molecule has 0 atom stereocenters. The summed E-state index contributed by atoms with van der Waals surface area (Å²) in [5, 5.41) is 3.74. The molecule has 0 aromatic carbocycles. The molecule has 0 spiro atoms. The summed E-state index contributed by atoms with van der Waals surface area (Å²) < 4.78 is 0. The molecule has 66 valence electrons. The van der Waals surface area contributed by atoms with Gasteiger partial charge in [0, 0.05) is 12.4 Å². The van der Waals surface area contributed by atoms with Crippen molar-refractivity contribution < 1.29 is 9.63 Å². The van der Waals surface area contributed by atoms with Crippen molar-refractivity contribution in [2.24, 2.45) is 0 Å². The van der Waals surface area contributed by atoms with Gasteiger partial charge in [-0.05, 0) is 6.92 Å². The van der Waals surface area contributed by atoms with Gasteiger partial charge in [0.25, 0.3) is 5.91 Å². The number of hydroxylamine groups is 2. The van der Waals surface area contributed by atoms with Gasteiger partial charge >= 0.3 is 0 Å². The number of amides is 1. The van der Waals surface area contributed by atoms with Gasteiger partial charge in [-0.1, -0.05) is 0 Å². The lowest BCUT2D eigenvalue weighted by atomic mass is 10.4. The van der Waals surface area contributed by atoms with E-state index in [1.165, 1.54) is 18.4 Å². The highest BCUT2D eigenvalue weighted by Gasteiger charge is 2.13. The van der Waals surface area contributed by atoms with Crippen molar-refractivity contribution in [3.8, 4) is 0 Å². The normalized spacial score (nSPS) is 9.92. The first-order valence-electron chi connectivity index (χ1n) is 3.39. The van der Waals surface area contributed by atoms with Crippen LogP contribution in [0.4, 0.5) is 0 Å². The third-order valence-corrected chi connectivity index (χ3v) is 2.17. The van der Waals surface area contributed by atoms with Crippen LogP contribution in [0.1, 0.15) is 15.5 Å². The lowest BCUT2D eigenvalue weighted by Gasteiger charge is -2.10. The van der Waals surface area contributed by atoms with E-state index in [-0.39, 0.29) is 5.91 Å². The van der Waals surface area contributed by atoms with Crippen LogP contribution in [0.15, 0.2) is 5.38 Å². The predicted molar refractivity (Wildman–Crippen MR) is 46.0 cm³/mol. The molecular weight excluding hydrogens is 176 g/mol. The zero-order valence-electron chi connectivity index (χ0n) is 7.20. The topological polar surface area (TPSA) is 42.4 Å². The summed E-state index contributed by atoms with van der Waals surface area (Å²) in [6, 6.07) is 0. The van der Waals surface area contributed by atoms with E-state index >= 15 is 0 Å². The maximum Gasteiger partial charge on any atom is 0.296 e. The third kappa shape index (κ3) is 1.80. The average Bonchev–Trinajstić information content (AvgIpc) is 2.49. The lowest BCUT2D eigenvalue weighted by Crippen LogP contribution is -2.25. The molecular formula is C7H10N2O2S. The summed E-state index contributed by atoms with van der Waals surface area (Å²) in [6.07, 6.45) is 0. The predicted octanol–water partition coefficient (Wildman–Crippen LogP) is 1.08. The quantitative estimate of drug-likeness (QED) is 0.649. The highest BCUT2D eigenvalue weighted by atomic mass is 32.1. The third-order valence-electron chi connectivity index (χ3n) is 1.40. The zero-order chi connectivity index (χ0) is 9.14. The molecule has 1 aromatic heterocycles. The van der Waals surface area contributed by atoms with Crippen molar-refractivity contribution in [3.63, 3.8) is 0 Å². The van der Waals surface area contributed by atoms with E-state index in [1.807, 2.05) is 6.92 Å². The second-order valence-corrected chi connectivity index (χ2v) is 3.30. The van der Waals surface area contributed by atoms with Crippen LogP contribution in [-0.2, 0) is 4.84 Å². The molecule has 0 radical (unpaired) electrons. The molecule has 0 aliphatic carbocycles. The van der Waals surface area contributed by atoms with E-state index in [2.05, 4.69) is 4.98 Å². The highest BCUT2D eigenvalue weighted by Crippen LogP contribution is 2.09. The van der Waals surface area contributed by atoms with Gasteiger partial charge in [0.1, 0.15) is 5.69 Å². The second kappa shape index (κ2) is 3.64. The van der Waals surface area contributed by atoms with Gasteiger partial charge in [-0.25, -0.2) is 10.0 Å².